The summed E-state index contributed by atoms with van der Waals surface area (Å²) in [5.74, 6) is 0. The molecule has 25 heavy (non-hydrogen) atoms. The summed E-state index contributed by atoms with van der Waals surface area (Å²) in [5.41, 5.74) is 5.32. The molecule has 3 aromatic carbocycles. The first-order valence-corrected chi connectivity index (χ1v) is 8.74. The summed E-state index contributed by atoms with van der Waals surface area (Å²) in [6.07, 6.45) is 1.91. The highest BCUT2D eigenvalue weighted by molar-refractivity contribution is 7.80. The van der Waals surface area contributed by atoms with Crippen molar-refractivity contribution in [1.29, 1.82) is 0 Å². The van der Waals surface area contributed by atoms with Gasteiger partial charge in [0.25, 0.3) is 0 Å². The van der Waals surface area contributed by atoms with Crippen molar-refractivity contribution in [2.24, 2.45) is 0 Å². The fraction of sp³-hybridized carbons (Fsp3) is 0. The standard InChI is InChI=1S/C21H15ClN2S/c22-17-8-10-18(11-9-17)24-21(16-4-2-1-3-5-16)20(14-23-24)15-6-12-19(25)13-7-15/h1-14,25H. The van der Waals surface area contributed by atoms with E-state index in [1.807, 2.05) is 65.5 Å². The Hall–Kier alpha value is -2.49. The lowest BCUT2D eigenvalue weighted by atomic mass is 10.0. The topological polar surface area (TPSA) is 17.8 Å². The zero-order valence-corrected chi connectivity index (χ0v) is 15.0. The number of aromatic nitrogens is 2. The smallest absolute Gasteiger partial charge is 0.0819 e. The zero-order valence-electron chi connectivity index (χ0n) is 13.3. The number of nitrogens with zero attached hydrogens (tertiary/aromatic N) is 2. The Bertz CT molecular complexity index is 928. The van der Waals surface area contributed by atoms with E-state index in [2.05, 4.69) is 42.0 Å². The summed E-state index contributed by atoms with van der Waals surface area (Å²) in [6.45, 7) is 0. The summed E-state index contributed by atoms with van der Waals surface area (Å²) in [4.78, 5) is 0.940. The molecule has 0 unspecified atom stereocenters. The molecule has 0 N–H and O–H groups in total. The Kier molecular flexibility index (Phi) is 4.35. The Morgan fingerprint density at radius 2 is 1.44 bits per heavy atom. The van der Waals surface area contributed by atoms with E-state index < -0.39 is 0 Å². The van der Waals surface area contributed by atoms with Crippen LogP contribution in [-0.4, -0.2) is 9.78 Å². The lowest BCUT2D eigenvalue weighted by molar-refractivity contribution is 0.888. The van der Waals surface area contributed by atoms with Gasteiger partial charge in [0.05, 0.1) is 17.6 Å². The van der Waals surface area contributed by atoms with Crippen molar-refractivity contribution in [3.8, 4) is 28.1 Å². The predicted molar refractivity (Wildman–Crippen MR) is 107 cm³/mol. The highest BCUT2D eigenvalue weighted by Gasteiger charge is 2.15. The summed E-state index contributed by atoms with van der Waals surface area (Å²) >= 11 is 10.4. The molecule has 0 aliphatic rings. The first-order valence-electron chi connectivity index (χ1n) is 7.91. The molecule has 0 spiro atoms. The first-order chi connectivity index (χ1) is 12.2. The monoisotopic (exact) mass is 362 g/mol. The van der Waals surface area contributed by atoms with Crippen LogP contribution in [0.5, 0.6) is 0 Å². The molecule has 0 saturated heterocycles. The van der Waals surface area contributed by atoms with E-state index in [0.29, 0.717) is 5.02 Å². The summed E-state index contributed by atoms with van der Waals surface area (Å²) < 4.78 is 1.95. The van der Waals surface area contributed by atoms with Gasteiger partial charge in [0.15, 0.2) is 0 Å². The molecule has 0 saturated carbocycles. The summed E-state index contributed by atoms with van der Waals surface area (Å²) in [6, 6.07) is 26.1. The number of rotatable bonds is 3. The highest BCUT2D eigenvalue weighted by Crippen LogP contribution is 2.34. The maximum absolute atomic E-state index is 6.03. The van der Waals surface area contributed by atoms with Crippen LogP contribution in [0.4, 0.5) is 0 Å². The van der Waals surface area contributed by atoms with Gasteiger partial charge in [-0.2, -0.15) is 5.10 Å². The molecule has 4 aromatic rings. The molecule has 2 nitrogen and oxygen atoms in total. The van der Waals surface area contributed by atoms with Gasteiger partial charge in [-0.15, -0.1) is 12.6 Å². The Morgan fingerprint density at radius 1 is 0.760 bits per heavy atom. The van der Waals surface area contributed by atoms with Crippen LogP contribution in [0.25, 0.3) is 28.1 Å². The van der Waals surface area contributed by atoms with Crippen molar-refractivity contribution >= 4 is 24.2 Å². The van der Waals surface area contributed by atoms with Crippen LogP contribution in [0, 0.1) is 0 Å². The lowest BCUT2D eigenvalue weighted by Crippen LogP contribution is -1.99. The third kappa shape index (κ3) is 3.21. The van der Waals surface area contributed by atoms with Crippen molar-refractivity contribution in [1.82, 2.24) is 9.78 Å². The average molecular weight is 363 g/mol. The SMILES string of the molecule is Sc1ccc(-c2cnn(-c3ccc(Cl)cc3)c2-c2ccccc2)cc1. The van der Waals surface area contributed by atoms with Crippen LogP contribution in [0.2, 0.25) is 5.02 Å². The van der Waals surface area contributed by atoms with E-state index in [1.165, 1.54) is 0 Å². The molecule has 0 bridgehead atoms. The number of benzene rings is 3. The summed E-state index contributed by atoms with van der Waals surface area (Å²) in [5, 5.41) is 5.36. The largest absolute Gasteiger partial charge is 0.232 e. The Labute approximate surface area is 157 Å². The minimum Gasteiger partial charge on any atom is -0.232 e. The second-order valence-electron chi connectivity index (χ2n) is 5.71. The molecule has 0 aliphatic heterocycles. The minimum absolute atomic E-state index is 0.710. The quantitative estimate of drug-likeness (QED) is 0.433. The maximum Gasteiger partial charge on any atom is 0.0819 e. The van der Waals surface area contributed by atoms with Gasteiger partial charge in [-0.25, -0.2) is 4.68 Å². The van der Waals surface area contributed by atoms with Gasteiger partial charge in [-0.3, -0.25) is 0 Å². The number of halogens is 1. The van der Waals surface area contributed by atoms with Crippen molar-refractivity contribution < 1.29 is 0 Å². The third-order valence-corrected chi connectivity index (χ3v) is 4.62. The molecule has 0 amide bonds. The van der Waals surface area contributed by atoms with E-state index in [4.69, 9.17) is 11.6 Å². The zero-order chi connectivity index (χ0) is 17.2. The lowest BCUT2D eigenvalue weighted by Gasteiger charge is -2.11. The Morgan fingerprint density at radius 3 is 2.12 bits per heavy atom. The van der Waals surface area contributed by atoms with Crippen molar-refractivity contribution in [3.63, 3.8) is 0 Å². The first kappa shape index (κ1) is 16.0. The van der Waals surface area contributed by atoms with E-state index in [1.54, 1.807) is 0 Å². The van der Waals surface area contributed by atoms with Crippen LogP contribution in [0.3, 0.4) is 0 Å². The van der Waals surface area contributed by atoms with Crippen LogP contribution >= 0.6 is 24.2 Å². The van der Waals surface area contributed by atoms with Gasteiger partial charge >= 0.3 is 0 Å². The van der Waals surface area contributed by atoms with Gasteiger partial charge in [-0.1, -0.05) is 54.1 Å². The van der Waals surface area contributed by atoms with Gasteiger partial charge in [0.2, 0.25) is 0 Å². The number of thiol groups is 1. The maximum atomic E-state index is 6.03. The second kappa shape index (κ2) is 6.79. The number of hydrogen-bond acceptors (Lipinski definition) is 2. The Balaban J connectivity index is 1.94. The summed E-state index contributed by atoms with van der Waals surface area (Å²) in [7, 11) is 0. The van der Waals surface area contributed by atoms with E-state index in [-0.39, 0.29) is 0 Å². The van der Waals surface area contributed by atoms with Gasteiger partial charge < -0.3 is 0 Å². The van der Waals surface area contributed by atoms with E-state index in [9.17, 15) is 0 Å². The number of hydrogen-bond donors (Lipinski definition) is 1. The molecular weight excluding hydrogens is 348 g/mol. The van der Waals surface area contributed by atoms with Crippen molar-refractivity contribution in [2.45, 2.75) is 4.90 Å². The molecule has 1 heterocycles. The molecule has 0 fully saturated rings. The molecule has 4 heteroatoms. The molecule has 0 radical (unpaired) electrons. The molecule has 1 aromatic heterocycles. The van der Waals surface area contributed by atoms with Crippen LogP contribution < -0.4 is 0 Å². The van der Waals surface area contributed by atoms with Crippen LogP contribution in [0.15, 0.2) is 90.0 Å². The third-order valence-electron chi connectivity index (χ3n) is 4.07. The van der Waals surface area contributed by atoms with E-state index >= 15 is 0 Å². The van der Waals surface area contributed by atoms with Gasteiger partial charge in [-0.05, 0) is 42.0 Å². The van der Waals surface area contributed by atoms with Gasteiger partial charge in [0, 0.05) is 21.0 Å². The fourth-order valence-electron chi connectivity index (χ4n) is 2.85. The molecular formula is C21H15ClN2S. The van der Waals surface area contributed by atoms with Crippen LogP contribution in [-0.2, 0) is 0 Å². The normalized spacial score (nSPS) is 10.8. The highest BCUT2D eigenvalue weighted by atomic mass is 35.5. The average Bonchev–Trinajstić information content (AvgIpc) is 3.09. The minimum atomic E-state index is 0.710. The van der Waals surface area contributed by atoms with Crippen molar-refractivity contribution in [2.75, 3.05) is 0 Å². The fourth-order valence-corrected chi connectivity index (χ4v) is 3.13. The molecule has 122 valence electrons. The molecule has 0 aliphatic carbocycles. The molecule has 4 rings (SSSR count). The van der Waals surface area contributed by atoms with Crippen LogP contribution in [0.1, 0.15) is 0 Å². The second-order valence-corrected chi connectivity index (χ2v) is 6.66. The molecule has 0 atom stereocenters. The van der Waals surface area contributed by atoms with E-state index in [0.717, 1.165) is 33.0 Å². The van der Waals surface area contributed by atoms with Crippen molar-refractivity contribution in [3.05, 3.63) is 90.1 Å². The predicted octanol–water partition coefficient (Wildman–Crippen LogP) is 6.15. The van der Waals surface area contributed by atoms with Gasteiger partial charge in [0.1, 0.15) is 0 Å².